The van der Waals surface area contributed by atoms with Crippen LogP contribution in [0, 0.1) is 0 Å². The molecule has 0 saturated heterocycles. The first-order chi connectivity index (χ1) is 10.8. The normalized spacial score (nSPS) is 12.2. The lowest BCUT2D eigenvalue weighted by Gasteiger charge is -1.99. The number of carbonyl (C=O) groups is 1. The lowest BCUT2D eigenvalue weighted by molar-refractivity contribution is -0.118. The molecule has 22 heavy (non-hydrogen) atoms. The Labute approximate surface area is 130 Å². The van der Waals surface area contributed by atoms with Crippen LogP contribution in [0.4, 0.5) is 0 Å². The highest BCUT2D eigenvalue weighted by Gasteiger charge is 2.17. The first-order valence-corrected chi connectivity index (χ1v) is 7.49. The molecule has 1 aromatic heterocycles. The van der Waals surface area contributed by atoms with Crippen LogP contribution in [0.3, 0.4) is 0 Å². The van der Waals surface area contributed by atoms with Crippen molar-refractivity contribution in [2.45, 2.75) is 5.22 Å². The third-order valence-corrected chi connectivity index (χ3v) is 3.61. The second-order valence-electron chi connectivity index (χ2n) is 4.32. The number of nitrogens with one attached hydrogen (secondary N) is 1. The van der Waals surface area contributed by atoms with Gasteiger partial charge in [0.05, 0.1) is 5.75 Å². The van der Waals surface area contributed by atoms with Gasteiger partial charge in [0.15, 0.2) is 11.5 Å². The molecule has 8 heteroatoms. The van der Waals surface area contributed by atoms with Crippen molar-refractivity contribution in [2.24, 2.45) is 0 Å². The summed E-state index contributed by atoms with van der Waals surface area (Å²) in [4.78, 5) is 11.5. The van der Waals surface area contributed by atoms with Gasteiger partial charge < -0.3 is 19.2 Å². The molecule has 1 aliphatic heterocycles. The van der Waals surface area contributed by atoms with Crippen LogP contribution in [0.2, 0.25) is 0 Å². The third kappa shape index (κ3) is 3.22. The molecular formula is C14H13N3O4S. The van der Waals surface area contributed by atoms with Crippen LogP contribution in [0.1, 0.15) is 0 Å². The summed E-state index contributed by atoms with van der Waals surface area (Å²) in [6.07, 6.45) is 1.62. The van der Waals surface area contributed by atoms with E-state index in [-0.39, 0.29) is 18.5 Å². The van der Waals surface area contributed by atoms with Crippen LogP contribution in [0.5, 0.6) is 11.5 Å². The van der Waals surface area contributed by atoms with Gasteiger partial charge in [-0.05, 0) is 18.2 Å². The molecule has 3 rings (SSSR count). The predicted molar refractivity (Wildman–Crippen MR) is 79.8 cm³/mol. The number of rotatable bonds is 6. The number of ether oxygens (including phenoxy) is 2. The zero-order chi connectivity index (χ0) is 15.4. The van der Waals surface area contributed by atoms with Crippen molar-refractivity contribution in [1.82, 2.24) is 15.5 Å². The summed E-state index contributed by atoms with van der Waals surface area (Å²) in [5, 5.41) is 10.9. The van der Waals surface area contributed by atoms with E-state index in [4.69, 9.17) is 13.9 Å². The van der Waals surface area contributed by atoms with Crippen molar-refractivity contribution >= 4 is 17.7 Å². The van der Waals surface area contributed by atoms with Crippen molar-refractivity contribution in [3.05, 3.63) is 30.9 Å². The third-order valence-electron chi connectivity index (χ3n) is 2.80. The summed E-state index contributed by atoms with van der Waals surface area (Å²) in [5.41, 5.74) is 0.736. The van der Waals surface area contributed by atoms with Gasteiger partial charge in [-0.15, -0.1) is 16.8 Å². The summed E-state index contributed by atoms with van der Waals surface area (Å²) < 4.78 is 16.1. The second kappa shape index (κ2) is 6.52. The van der Waals surface area contributed by atoms with Crippen LogP contribution >= 0.6 is 11.8 Å². The van der Waals surface area contributed by atoms with Crippen molar-refractivity contribution in [1.29, 1.82) is 0 Å². The average Bonchev–Trinajstić information content (AvgIpc) is 3.18. The predicted octanol–water partition coefficient (Wildman–Crippen LogP) is 1.86. The van der Waals surface area contributed by atoms with Crippen LogP contribution in [-0.2, 0) is 4.79 Å². The van der Waals surface area contributed by atoms with E-state index in [1.807, 2.05) is 6.07 Å². The zero-order valence-electron chi connectivity index (χ0n) is 11.6. The lowest BCUT2D eigenvalue weighted by atomic mass is 10.2. The molecule has 1 amide bonds. The minimum Gasteiger partial charge on any atom is -0.454 e. The molecule has 0 unspecified atom stereocenters. The fourth-order valence-electron chi connectivity index (χ4n) is 1.78. The van der Waals surface area contributed by atoms with E-state index in [0.29, 0.717) is 29.2 Å². The number of thioether (sulfide) groups is 1. The highest BCUT2D eigenvalue weighted by Crippen LogP contribution is 2.35. The Morgan fingerprint density at radius 2 is 2.23 bits per heavy atom. The van der Waals surface area contributed by atoms with E-state index in [2.05, 4.69) is 22.1 Å². The molecule has 1 aromatic carbocycles. The van der Waals surface area contributed by atoms with Gasteiger partial charge in [0.1, 0.15) is 0 Å². The Bertz CT molecular complexity index is 701. The summed E-state index contributed by atoms with van der Waals surface area (Å²) in [5.74, 6) is 1.79. The zero-order valence-corrected chi connectivity index (χ0v) is 12.4. The molecule has 0 saturated carbocycles. The Morgan fingerprint density at radius 1 is 1.36 bits per heavy atom. The molecule has 0 fully saturated rings. The number of nitrogens with zero attached hydrogens (tertiary/aromatic N) is 2. The smallest absolute Gasteiger partial charge is 0.277 e. The van der Waals surface area contributed by atoms with Gasteiger partial charge in [0, 0.05) is 12.1 Å². The number of amides is 1. The summed E-state index contributed by atoms with van der Waals surface area (Å²) >= 11 is 1.18. The Kier molecular flexibility index (Phi) is 4.29. The van der Waals surface area contributed by atoms with Crippen molar-refractivity contribution in [3.63, 3.8) is 0 Å². The van der Waals surface area contributed by atoms with Gasteiger partial charge in [0.2, 0.25) is 18.6 Å². The molecule has 114 valence electrons. The number of hydrogen-bond acceptors (Lipinski definition) is 7. The molecule has 1 aliphatic rings. The van der Waals surface area contributed by atoms with E-state index in [9.17, 15) is 4.79 Å². The number of benzene rings is 1. The molecule has 0 spiro atoms. The minimum absolute atomic E-state index is 0.118. The largest absolute Gasteiger partial charge is 0.454 e. The number of aromatic nitrogens is 2. The van der Waals surface area contributed by atoms with E-state index < -0.39 is 0 Å². The van der Waals surface area contributed by atoms with E-state index >= 15 is 0 Å². The van der Waals surface area contributed by atoms with Crippen LogP contribution in [0.15, 0.2) is 40.5 Å². The highest BCUT2D eigenvalue weighted by atomic mass is 32.2. The first kappa shape index (κ1) is 14.5. The Morgan fingerprint density at radius 3 is 3.09 bits per heavy atom. The molecule has 2 heterocycles. The standard InChI is InChI=1S/C14H13N3O4S/c1-2-5-15-12(18)7-22-14-17-16-13(21-14)9-3-4-10-11(6-9)20-8-19-10/h2-4,6H,1,5,7-8H2,(H,15,18). The topological polar surface area (TPSA) is 86.5 Å². The number of carbonyl (C=O) groups excluding carboxylic acids is 1. The maximum Gasteiger partial charge on any atom is 0.277 e. The molecule has 1 N–H and O–H groups in total. The average molecular weight is 319 g/mol. The molecule has 2 aromatic rings. The maximum absolute atomic E-state index is 11.5. The summed E-state index contributed by atoms with van der Waals surface area (Å²) in [6.45, 7) is 4.18. The van der Waals surface area contributed by atoms with Gasteiger partial charge >= 0.3 is 0 Å². The fraction of sp³-hybridized carbons (Fsp3) is 0.214. The van der Waals surface area contributed by atoms with Crippen LogP contribution < -0.4 is 14.8 Å². The lowest BCUT2D eigenvalue weighted by Crippen LogP contribution is -2.24. The van der Waals surface area contributed by atoms with Crippen molar-refractivity contribution in [3.8, 4) is 23.0 Å². The highest BCUT2D eigenvalue weighted by molar-refractivity contribution is 7.99. The van der Waals surface area contributed by atoms with Crippen LogP contribution in [-0.4, -0.2) is 35.2 Å². The molecular weight excluding hydrogens is 306 g/mol. The molecule has 0 radical (unpaired) electrons. The Hall–Kier alpha value is -2.48. The minimum atomic E-state index is -0.118. The van der Waals surface area contributed by atoms with E-state index in [0.717, 1.165) is 5.56 Å². The monoisotopic (exact) mass is 319 g/mol. The second-order valence-corrected chi connectivity index (χ2v) is 5.25. The van der Waals surface area contributed by atoms with Crippen molar-refractivity contribution in [2.75, 3.05) is 19.1 Å². The summed E-state index contributed by atoms with van der Waals surface area (Å²) in [6, 6.07) is 5.38. The molecule has 7 nitrogen and oxygen atoms in total. The quantitative estimate of drug-likeness (QED) is 0.642. The number of fused-ring (bicyclic) bond motifs is 1. The SMILES string of the molecule is C=CCNC(=O)CSc1nnc(-c2ccc3c(c2)OCO3)o1. The van der Waals surface area contributed by atoms with Gasteiger partial charge in [-0.2, -0.15) is 0 Å². The fourth-order valence-corrected chi connectivity index (χ4v) is 2.37. The van der Waals surface area contributed by atoms with Gasteiger partial charge in [-0.1, -0.05) is 17.8 Å². The van der Waals surface area contributed by atoms with Gasteiger partial charge in [-0.25, -0.2) is 0 Å². The van der Waals surface area contributed by atoms with E-state index in [1.165, 1.54) is 11.8 Å². The van der Waals surface area contributed by atoms with Gasteiger partial charge in [0.25, 0.3) is 5.22 Å². The van der Waals surface area contributed by atoms with E-state index in [1.54, 1.807) is 18.2 Å². The molecule has 0 bridgehead atoms. The van der Waals surface area contributed by atoms with Crippen molar-refractivity contribution < 1.29 is 18.7 Å². The molecule has 0 aliphatic carbocycles. The molecule has 0 atom stereocenters. The van der Waals surface area contributed by atoms with Gasteiger partial charge in [-0.3, -0.25) is 4.79 Å². The number of hydrogen-bond donors (Lipinski definition) is 1. The Balaban J connectivity index is 1.64. The first-order valence-electron chi connectivity index (χ1n) is 6.50. The maximum atomic E-state index is 11.5. The van der Waals surface area contributed by atoms with Crippen LogP contribution in [0.25, 0.3) is 11.5 Å². The summed E-state index contributed by atoms with van der Waals surface area (Å²) in [7, 11) is 0.